The van der Waals surface area contributed by atoms with E-state index < -0.39 is 0 Å². The number of likely N-dealkylation sites (tertiary alicyclic amines) is 2. The van der Waals surface area contributed by atoms with Gasteiger partial charge in [0.2, 0.25) is 11.8 Å². The molecule has 0 aliphatic carbocycles. The smallest absolute Gasteiger partial charge is 0.277 e. The highest BCUT2D eigenvalue weighted by molar-refractivity contribution is 5.79. The highest BCUT2D eigenvalue weighted by atomic mass is 16.2. The third-order valence-corrected chi connectivity index (χ3v) is 4.75. The Morgan fingerprint density at radius 3 is 1.86 bits per heavy atom. The van der Waals surface area contributed by atoms with Crippen molar-refractivity contribution in [1.82, 2.24) is 4.90 Å². The molecule has 0 unspecified atom stereocenters. The van der Waals surface area contributed by atoms with Crippen LogP contribution in [0, 0.1) is 11.8 Å². The van der Waals surface area contributed by atoms with Crippen molar-refractivity contribution in [2.45, 2.75) is 25.7 Å². The molecule has 2 fully saturated rings. The first-order chi connectivity index (χ1) is 9.97. The summed E-state index contributed by atoms with van der Waals surface area (Å²) in [5, 5.41) is 0. The molecule has 3 amide bonds. The fourth-order valence-electron chi connectivity index (χ4n) is 3.23. The van der Waals surface area contributed by atoms with Crippen LogP contribution in [0.1, 0.15) is 25.7 Å². The molecule has 2 heterocycles. The van der Waals surface area contributed by atoms with Gasteiger partial charge in [0, 0.05) is 37.8 Å². The molecule has 0 aromatic heterocycles. The minimum absolute atomic E-state index is 0.0323. The van der Waals surface area contributed by atoms with E-state index in [0.717, 1.165) is 25.9 Å². The molecule has 2 aliphatic rings. The van der Waals surface area contributed by atoms with Crippen molar-refractivity contribution < 1.29 is 19.3 Å². The molecule has 0 aromatic carbocycles. The summed E-state index contributed by atoms with van der Waals surface area (Å²) in [5.41, 5.74) is 10.6. The molecule has 21 heavy (non-hydrogen) atoms. The second-order valence-electron chi connectivity index (χ2n) is 6.16. The van der Waals surface area contributed by atoms with Gasteiger partial charge >= 0.3 is 0 Å². The number of amides is 3. The van der Waals surface area contributed by atoms with Crippen LogP contribution >= 0.6 is 0 Å². The maximum Gasteiger partial charge on any atom is 0.277 e. The number of nitrogens with zero attached hydrogens (tertiary/aromatic N) is 1. The Balaban J connectivity index is 1.73. The molecule has 118 valence electrons. The van der Waals surface area contributed by atoms with Crippen molar-refractivity contribution in [2.24, 2.45) is 23.3 Å². The molecule has 0 saturated carbocycles. The van der Waals surface area contributed by atoms with Crippen molar-refractivity contribution in [3.8, 4) is 0 Å². The Morgan fingerprint density at radius 1 is 0.905 bits per heavy atom. The number of primary amides is 2. The van der Waals surface area contributed by atoms with Crippen LogP contribution in [0.25, 0.3) is 0 Å². The maximum absolute atomic E-state index is 12.3. The van der Waals surface area contributed by atoms with Gasteiger partial charge in [-0.3, -0.25) is 14.4 Å². The van der Waals surface area contributed by atoms with Gasteiger partial charge in [-0.2, -0.15) is 0 Å². The van der Waals surface area contributed by atoms with E-state index in [1.807, 2.05) is 4.90 Å². The zero-order valence-corrected chi connectivity index (χ0v) is 12.3. The van der Waals surface area contributed by atoms with Crippen molar-refractivity contribution in [2.75, 3.05) is 32.7 Å². The lowest BCUT2D eigenvalue weighted by Crippen LogP contribution is -3.14. The average molecular weight is 297 g/mol. The molecule has 0 aromatic rings. The van der Waals surface area contributed by atoms with Gasteiger partial charge in [0.05, 0.1) is 13.1 Å². The second-order valence-corrected chi connectivity index (χ2v) is 6.16. The van der Waals surface area contributed by atoms with Crippen molar-refractivity contribution in [3.05, 3.63) is 0 Å². The fraction of sp³-hybridized carbons (Fsp3) is 0.786. The predicted octanol–water partition coefficient (Wildman–Crippen LogP) is -2.51. The molecule has 2 saturated heterocycles. The monoisotopic (exact) mass is 297 g/mol. The third kappa shape index (κ3) is 4.17. The van der Waals surface area contributed by atoms with E-state index in [1.165, 1.54) is 4.90 Å². The lowest BCUT2D eigenvalue weighted by Gasteiger charge is -2.33. The number of hydrogen-bond acceptors (Lipinski definition) is 3. The zero-order valence-electron chi connectivity index (χ0n) is 12.3. The molecule has 0 bridgehead atoms. The quantitative estimate of drug-likeness (QED) is 0.533. The normalized spacial score (nSPS) is 27.3. The van der Waals surface area contributed by atoms with E-state index in [0.29, 0.717) is 32.5 Å². The van der Waals surface area contributed by atoms with E-state index in [1.54, 1.807) is 0 Å². The lowest BCUT2D eigenvalue weighted by molar-refractivity contribution is -0.898. The van der Waals surface area contributed by atoms with Gasteiger partial charge in [-0.25, -0.2) is 0 Å². The molecular formula is C14H25N4O3+. The van der Waals surface area contributed by atoms with Crippen LogP contribution in [-0.4, -0.2) is 55.3 Å². The average Bonchev–Trinajstić information content (AvgIpc) is 2.47. The molecule has 2 rings (SSSR count). The highest BCUT2D eigenvalue weighted by Gasteiger charge is 2.30. The Hall–Kier alpha value is -1.63. The van der Waals surface area contributed by atoms with Crippen LogP contribution in [0.2, 0.25) is 0 Å². The van der Waals surface area contributed by atoms with Gasteiger partial charge in [-0.05, 0) is 12.8 Å². The number of hydrogen-bond donors (Lipinski definition) is 3. The largest absolute Gasteiger partial charge is 0.369 e. The summed E-state index contributed by atoms with van der Waals surface area (Å²) in [7, 11) is 0. The molecule has 0 spiro atoms. The van der Waals surface area contributed by atoms with Crippen LogP contribution in [-0.2, 0) is 14.4 Å². The van der Waals surface area contributed by atoms with Crippen LogP contribution in [0.5, 0.6) is 0 Å². The van der Waals surface area contributed by atoms with E-state index in [2.05, 4.69) is 0 Å². The Labute approximate surface area is 124 Å². The molecule has 5 N–H and O–H groups in total. The Bertz CT molecular complexity index is 410. The molecule has 2 aliphatic heterocycles. The first kappa shape index (κ1) is 15.8. The minimum Gasteiger partial charge on any atom is -0.369 e. The summed E-state index contributed by atoms with van der Waals surface area (Å²) in [5.74, 6) is -0.483. The summed E-state index contributed by atoms with van der Waals surface area (Å²) in [6.45, 7) is 3.33. The van der Waals surface area contributed by atoms with E-state index in [-0.39, 0.29) is 29.6 Å². The maximum atomic E-state index is 12.3. The van der Waals surface area contributed by atoms with Gasteiger partial charge in [-0.1, -0.05) is 0 Å². The van der Waals surface area contributed by atoms with E-state index in [4.69, 9.17) is 11.5 Å². The van der Waals surface area contributed by atoms with Crippen LogP contribution < -0.4 is 16.4 Å². The van der Waals surface area contributed by atoms with E-state index >= 15 is 0 Å². The van der Waals surface area contributed by atoms with Gasteiger partial charge in [0.25, 0.3) is 5.91 Å². The van der Waals surface area contributed by atoms with Crippen LogP contribution in [0.4, 0.5) is 0 Å². The first-order valence-electron chi connectivity index (χ1n) is 7.67. The molecule has 7 nitrogen and oxygen atoms in total. The molecule has 0 radical (unpaired) electrons. The summed E-state index contributed by atoms with van der Waals surface area (Å²) >= 11 is 0. The fourth-order valence-corrected chi connectivity index (χ4v) is 3.23. The van der Waals surface area contributed by atoms with Crippen molar-refractivity contribution in [3.63, 3.8) is 0 Å². The summed E-state index contributed by atoms with van der Waals surface area (Å²) in [6.07, 6.45) is 2.86. The lowest BCUT2D eigenvalue weighted by atomic mass is 9.95. The first-order valence-corrected chi connectivity index (χ1v) is 7.67. The van der Waals surface area contributed by atoms with Crippen molar-refractivity contribution >= 4 is 17.7 Å². The van der Waals surface area contributed by atoms with Crippen molar-refractivity contribution in [1.29, 1.82) is 0 Å². The topological polar surface area (TPSA) is 111 Å². The van der Waals surface area contributed by atoms with Gasteiger partial charge in [0.15, 0.2) is 6.54 Å². The third-order valence-electron chi connectivity index (χ3n) is 4.75. The molecular weight excluding hydrogens is 272 g/mol. The highest BCUT2D eigenvalue weighted by Crippen LogP contribution is 2.16. The Kier molecular flexibility index (Phi) is 5.17. The summed E-state index contributed by atoms with van der Waals surface area (Å²) in [4.78, 5) is 37.5. The predicted molar refractivity (Wildman–Crippen MR) is 76.0 cm³/mol. The summed E-state index contributed by atoms with van der Waals surface area (Å²) < 4.78 is 0. The van der Waals surface area contributed by atoms with E-state index in [9.17, 15) is 14.4 Å². The van der Waals surface area contributed by atoms with Crippen LogP contribution in [0.15, 0.2) is 0 Å². The number of piperidine rings is 2. The zero-order chi connectivity index (χ0) is 15.4. The number of carbonyl (C=O) groups excluding carboxylic acids is 3. The van der Waals surface area contributed by atoms with Gasteiger partial charge in [-0.15, -0.1) is 0 Å². The van der Waals surface area contributed by atoms with Gasteiger partial charge < -0.3 is 21.3 Å². The number of quaternary nitrogens is 1. The molecule has 0 atom stereocenters. The number of nitrogens with one attached hydrogen (secondary N) is 1. The minimum atomic E-state index is -0.263. The summed E-state index contributed by atoms with van der Waals surface area (Å²) in [6, 6.07) is 0. The van der Waals surface area contributed by atoms with Crippen LogP contribution in [0.3, 0.4) is 0 Å². The number of nitrogens with two attached hydrogens (primary N) is 2. The Morgan fingerprint density at radius 2 is 1.38 bits per heavy atom. The second kappa shape index (κ2) is 6.89. The van der Waals surface area contributed by atoms with Gasteiger partial charge in [0.1, 0.15) is 0 Å². The number of carbonyl (C=O) groups is 3. The standard InChI is InChI=1S/C14H24N4O3/c15-13(20)10-1-5-17(6-2-10)9-12(19)18-7-3-11(4-8-18)14(16)21/h10-11H,1-9H2,(H2,15,20)(H2,16,21)/p+1. The SMILES string of the molecule is NC(=O)C1CCN(C(=O)C[NH+]2CCC(C(N)=O)CC2)CC1. The number of rotatable bonds is 4. The molecule has 7 heteroatoms.